The zero-order valence-electron chi connectivity index (χ0n) is 31.5. The number of nitrogens with two attached hydrogens (primary N) is 1. The van der Waals surface area contributed by atoms with Gasteiger partial charge in [-0.2, -0.15) is 0 Å². The number of ether oxygens (including phenoxy) is 4. The number of benzene rings is 4. The number of carbonyl (C=O) groups is 3. The first kappa shape index (κ1) is 36.8. The Kier molecular flexibility index (Phi) is 10.4. The lowest BCUT2D eigenvalue weighted by atomic mass is 9.93. The van der Waals surface area contributed by atoms with Crippen molar-refractivity contribution in [2.24, 2.45) is 15.7 Å². The van der Waals surface area contributed by atoms with Gasteiger partial charge in [0.2, 0.25) is 5.91 Å². The molecule has 13 heteroatoms. The number of aliphatic imine (C=N–C) groups is 2. The van der Waals surface area contributed by atoms with Crippen LogP contribution >= 0.6 is 0 Å². The van der Waals surface area contributed by atoms with E-state index in [0.717, 1.165) is 42.4 Å². The van der Waals surface area contributed by atoms with Gasteiger partial charge in [-0.15, -0.1) is 0 Å². The lowest BCUT2D eigenvalue weighted by Crippen LogP contribution is -2.44. The zero-order valence-corrected chi connectivity index (χ0v) is 31.5. The van der Waals surface area contributed by atoms with Crippen LogP contribution in [0.2, 0.25) is 0 Å². The SMILES string of the molecule is COc1cc2c(cc1OCCCCCOc1cc3c(cc1OC)C(=O)N1Cc4ccccc4C[C@H]1C=N3)N=CC1Cc3ccc(NC(=O)CN)cc3CN1C2=O. The van der Waals surface area contributed by atoms with Crippen LogP contribution in [0.15, 0.2) is 76.7 Å². The molecule has 56 heavy (non-hydrogen) atoms. The molecule has 0 aromatic heterocycles. The Morgan fingerprint density at radius 1 is 0.696 bits per heavy atom. The van der Waals surface area contributed by atoms with Crippen LogP contribution in [0.3, 0.4) is 0 Å². The van der Waals surface area contributed by atoms with Crippen molar-refractivity contribution in [3.8, 4) is 23.0 Å². The molecule has 0 saturated heterocycles. The minimum absolute atomic E-state index is 0.0699. The molecule has 0 aliphatic carbocycles. The topological polar surface area (TPSA) is 157 Å². The first-order valence-corrected chi connectivity index (χ1v) is 18.9. The van der Waals surface area contributed by atoms with Crippen LogP contribution in [0.1, 0.15) is 62.2 Å². The molecule has 4 aromatic rings. The number of anilines is 1. The van der Waals surface area contributed by atoms with Gasteiger partial charge in [-0.1, -0.05) is 30.3 Å². The number of methoxy groups -OCH3 is 2. The average Bonchev–Trinajstić information content (AvgIpc) is 3.43. The minimum Gasteiger partial charge on any atom is -0.493 e. The summed E-state index contributed by atoms with van der Waals surface area (Å²) >= 11 is 0. The van der Waals surface area contributed by atoms with Gasteiger partial charge in [0.05, 0.1) is 68.6 Å². The highest BCUT2D eigenvalue weighted by Gasteiger charge is 2.35. The normalized spacial score (nSPS) is 17.6. The fraction of sp³-hybridized carbons (Fsp3) is 0.326. The summed E-state index contributed by atoms with van der Waals surface area (Å²) in [5.41, 5.74) is 12.6. The molecule has 0 bridgehead atoms. The highest BCUT2D eigenvalue weighted by Crippen LogP contribution is 2.40. The summed E-state index contributed by atoms with van der Waals surface area (Å²) in [6, 6.07) is 20.6. The molecule has 8 rings (SSSR count). The third-order valence-corrected chi connectivity index (χ3v) is 10.8. The van der Waals surface area contributed by atoms with E-state index in [1.807, 2.05) is 47.7 Å². The van der Waals surface area contributed by atoms with E-state index in [-0.39, 0.29) is 36.3 Å². The second kappa shape index (κ2) is 15.9. The van der Waals surface area contributed by atoms with Crippen LogP contribution in [0.4, 0.5) is 17.1 Å². The molecule has 4 aliphatic rings. The first-order chi connectivity index (χ1) is 27.3. The zero-order chi connectivity index (χ0) is 38.8. The van der Waals surface area contributed by atoms with E-state index in [4.69, 9.17) is 34.7 Å². The molecule has 4 aromatic carbocycles. The van der Waals surface area contributed by atoms with Gasteiger partial charge in [0, 0.05) is 43.3 Å². The van der Waals surface area contributed by atoms with Crippen LogP contribution in [0.5, 0.6) is 23.0 Å². The number of rotatable bonds is 12. The summed E-state index contributed by atoms with van der Waals surface area (Å²) in [7, 11) is 3.12. The average molecular weight is 757 g/mol. The standard InChI is InChI=1S/C43H44N6O7/c1-53-37-17-33-35(45-22-31-15-26-8-4-5-9-28(26)24-48(31)42(33)51)19-39(37)55-12-6-3-7-13-56-40-20-36-34(18-38(40)54-2)43(52)49-25-29-14-30(47-41(50)21-44)11-10-27(29)16-32(49)23-46-36/h4-5,8-11,14,17-20,22-23,31-32H,3,6-7,12-13,15-16,21,24-25,44H2,1-2H3,(H,47,50)/t31-,32?/m0/s1. The molecule has 4 aliphatic heterocycles. The second-order valence-corrected chi connectivity index (χ2v) is 14.3. The lowest BCUT2D eigenvalue weighted by Gasteiger charge is -2.34. The maximum atomic E-state index is 13.9. The molecular formula is C43H44N6O7. The number of amides is 3. The fourth-order valence-electron chi connectivity index (χ4n) is 7.74. The number of fused-ring (bicyclic) bond motifs is 6. The van der Waals surface area contributed by atoms with Crippen molar-refractivity contribution in [3.63, 3.8) is 0 Å². The number of nitrogens with one attached hydrogen (secondary N) is 1. The third-order valence-electron chi connectivity index (χ3n) is 10.8. The molecule has 0 saturated carbocycles. The van der Waals surface area contributed by atoms with Crippen LogP contribution in [-0.4, -0.2) is 86.0 Å². The summed E-state index contributed by atoms with van der Waals surface area (Å²) in [5, 5.41) is 2.79. The van der Waals surface area contributed by atoms with Gasteiger partial charge in [-0.25, -0.2) is 0 Å². The summed E-state index contributed by atoms with van der Waals surface area (Å²) in [6.45, 7) is 1.69. The Labute approximate surface area is 325 Å². The van der Waals surface area contributed by atoms with Gasteiger partial charge < -0.3 is 39.8 Å². The number of nitrogens with zero attached hydrogens (tertiary/aromatic N) is 4. The van der Waals surface area contributed by atoms with E-state index in [0.29, 0.717) is 83.9 Å². The molecule has 288 valence electrons. The molecule has 0 spiro atoms. The quantitative estimate of drug-likeness (QED) is 0.172. The van der Waals surface area contributed by atoms with Crippen LogP contribution < -0.4 is 30.0 Å². The van der Waals surface area contributed by atoms with E-state index >= 15 is 0 Å². The van der Waals surface area contributed by atoms with Gasteiger partial charge >= 0.3 is 0 Å². The van der Waals surface area contributed by atoms with E-state index in [2.05, 4.69) is 17.4 Å². The van der Waals surface area contributed by atoms with E-state index in [1.54, 1.807) is 43.4 Å². The molecule has 4 heterocycles. The first-order valence-electron chi connectivity index (χ1n) is 18.9. The maximum Gasteiger partial charge on any atom is 0.257 e. The second-order valence-electron chi connectivity index (χ2n) is 14.3. The van der Waals surface area contributed by atoms with Crippen molar-refractivity contribution < 1.29 is 33.3 Å². The largest absolute Gasteiger partial charge is 0.493 e. The molecular weight excluding hydrogens is 713 g/mol. The number of unbranched alkanes of at least 4 members (excludes halogenated alkanes) is 2. The van der Waals surface area contributed by atoms with Crippen molar-refractivity contribution in [3.05, 3.63) is 100 Å². The number of hydrogen-bond donors (Lipinski definition) is 2. The Bertz CT molecular complexity index is 2250. The summed E-state index contributed by atoms with van der Waals surface area (Å²) in [6.07, 6.45) is 7.38. The Morgan fingerprint density at radius 3 is 1.79 bits per heavy atom. The molecule has 13 nitrogen and oxygen atoms in total. The van der Waals surface area contributed by atoms with Gasteiger partial charge in [0.1, 0.15) is 0 Å². The van der Waals surface area contributed by atoms with Crippen molar-refractivity contribution in [2.45, 2.75) is 57.3 Å². The highest BCUT2D eigenvalue weighted by molar-refractivity contribution is 6.04. The van der Waals surface area contributed by atoms with E-state index in [9.17, 15) is 14.4 Å². The molecule has 0 fully saturated rings. The Balaban J connectivity index is 0.859. The van der Waals surface area contributed by atoms with Gasteiger partial charge in [-0.05, 0) is 78.6 Å². The molecule has 3 amide bonds. The van der Waals surface area contributed by atoms with Crippen LogP contribution in [0, 0.1) is 0 Å². The molecule has 3 N–H and O–H groups in total. The fourth-order valence-corrected chi connectivity index (χ4v) is 7.74. The Morgan fingerprint density at radius 2 is 1.23 bits per heavy atom. The smallest absolute Gasteiger partial charge is 0.257 e. The predicted octanol–water partition coefficient (Wildman–Crippen LogP) is 5.80. The van der Waals surface area contributed by atoms with Crippen LogP contribution in [0.25, 0.3) is 0 Å². The van der Waals surface area contributed by atoms with Crippen molar-refractivity contribution in [1.29, 1.82) is 0 Å². The number of carbonyl (C=O) groups excluding carboxylic acids is 3. The van der Waals surface area contributed by atoms with E-state index < -0.39 is 0 Å². The predicted molar refractivity (Wildman–Crippen MR) is 212 cm³/mol. The molecule has 1 unspecified atom stereocenters. The van der Waals surface area contributed by atoms with Crippen molar-refractivity contribution >= 4 is 47.2 Å². The minimum atomic E-state index is -0.276. The van der Waals surface area contributed by atoms with Crippen molar-refractivity contribution in [1.82, 2.24) is 9.80 Å². The number of hydrogen-bond acceptors (Lipinski definition) is 10. The van der Waals surface area contributed by atoms with Gasteiger partial charge in [0.15, 0.2) is 23.0 Å². The van der Waals surface area contributed by atoms with Gasteiger partial charge in [0.25, 0.3) is 11.8 Å². The maximum absolute atomic E-state index is 13.9. The summed E-state index contributed by atoms with van der Waals surface area (Å²) in [4.78, 5) is 52.5. The lowest BCUT2D eigenvalue weighted by molar-refractivity contribution is -0.114. The van der Waals surface area contributed by atoms with E-state index in [1.165, 1.54) is 5.56 Å². The summed E-state index contributed by atoms with van der Waals surface area (Å²) < 4.78 is 23.6. The highest BCUT2D eigenvalue weighted by atomic mass is 16.5. The third kappa shape index (κ3) is 7.29. The monoisotopic (exact) mass is 756 g/mol. The molecule has 2 atom stereocenters. The van der Waals surface area contributed by atoms with Crippen molar-refractivity contribution in [2.75, 3.05) is 39.3 Å². The summed E-state index contributed by atoms with van der Waals surface area (Å²) in [5.74, 6) is 1.50. The molecule has 0 radical (unpaired) electrons. The Hall–Kier alpha value is -6.21. The van der Waals surface area contributed by atoms with Gasteiger partial charge in [-0.3, -0.25) is 24.4 Å². The van der Waals surface area contributed by atoms with Crippen LogP contribution in [-0.2, 0) is 30.7 Å².